The summed E-state index contributed by atoms with van der Waals surface area (Å²) in [6, 6.07) is 5.59. The monoisotopic (exact) mass is 305 g/mol. The fourth-order valence-electron chi connectivity index (χ4n) is 1.58. The minimum atomic E-state index is 0.742. The van der Waals surface area contributed by atoms with Crippen LogP contribution in [0.15, 0.2) is 23.1 Å². The highest BCUT2D eigenvalue weighted by Gasteiger charge is 2.01. The Bertz CT molecular complexity index is 356. The number of thioether (sulfide) groups is 1. The van der Waals surface area contributed by atoms with Gasteiger partial charge >= 0.3 is 0 Å². The van der Waals surface area contributed by atoms with E-state index in [2.05, 4.69) is 19.2 Å². The van der Waals surface area contributed by atoms with Crippen LogP contribution >= 0.6 is 35.0 Å². The smallest absolute Gasteiger partial charge is 0.0542 e. The standard InChI is InChI=1S/C14H21Cl2NS/c1-11(2)4-3-7-17-8-9-18-14-10-12(15)5-6-13(14)16/h5-6,10-11,17H,3-4,7-9H2,1-2H3. The molecule has 0 aliphatic heterocycles. The van der Waals surface area contributed by atoms with Gasteiger partial charge in [-0.2, -0.15) is 0 Å². The Hall–Kier alpha value is 0.110. The number of halogens is 2. The lowest BCUT2D eigenvalue weighted by molar-refractivity contribution is 0.534. The molecular formula is C14H21Cl2NS. The topological polar surface area (TPSA) is 12.0 Å². The Morgan fingerprint density at radius 2 is 2.00 bits per heavy atom. The van der Waals surface area contributed by atoms with Crippen molar-refractivity contribution >= 4 is 35.0 Å². The van der Waals surface area contributed by atoms with Gasteiger partial charge in [-0.15, -0.1) is 11.8 Å². The van der Waals surface area contributed by atoms with Crippen molar-refractivity contribution in [1.82, 2.24) is 5.32 Å². The molecular weight excluding hydrogens is 285 g/mol. The average Bonchev–Trinajstić information content (AvgIpc) is 2.32. The van der Waals surface area contributed by atoms with Crippen LogP contribution in [0.2, 0.25) is 10.0 Å². The zero-order valence-electron chi connectivity index (χ0n) is 11.0. The molecule has 1 N–H and O–H groups in total. The fraction of sp³-hybridized carbons (Fsp3) is 0.571. The maximum absolute atomic E-state index is 6.09. The van der Waals surface area contributed by atoms with Gasteiger partial charge in [0.15, 0.2) is 0 Å². The van der Waals surface area contributed by atoms with Crippen molar-refractivity contribution in [2.75, 3.05) is 18.8 Å². The number of rotatable bonds is 8. The highest BCUT2D eigenvalue weighted by atomic mass is 35.5. The summed E-state index contributed by atoms with van der Waals surface area (Å²) in [5.41, 5.74) is 0. The SMILES string of the molecule is CC(C)CCCNCCSc1cc(Cl)ccc1Cl. The van der Waals surface area contributed by atoms with Crippen LogP contribution in [0.3, 0.4) is 0 Å². The van der Waals surface area contributed by atoms with Gasteiger partial charge in [0.1, 0.15) is 0 Å². The molecule has 0 amide bonds. The molecule has 1 aromatic carbocycles. The maximum atomic E-state index is 6.09. The third-order valence-electron chi connectivity index (χ3n) is 2.56. The summed E-state index contributed by atoms with van der Waals surface area (Å²) in [6.45, 7) is 6.63. The van der Waals surface area contributed by atoms with Crippen LogP contribution in [-0.4, -0.2) is 18.8 Å². The molecule has 0 spiro atoms. The van der Waals surface area contributed by atoms with E-state index >= 15 is 0 Å². The lowest BCUT2D eigenvalue weighted by atomic mass is 10.1. The normalized spacial score (nSPS) is 11.2. The molecule has 0 atom stereocenters. The summed E-state index contributed by atoms with van der Waals surface area (Å²) >= 11 is 13.8. The van der Waals surface area contributed by atoms with Gasteiger partial charge in [-0.05, 0) is 43.5 Å². The van der Waals surface area contributed by atoms with Crippen molar-refractivity contribution in [3.63, 3.8) is 0 Å². The summed E-state index contributed by atoms with van der Waals surface area (Å²) in [4.78, 5) is 1.06. The first-order chi connectivity index (χ1) is 8.59. The molecule has 0 heterocycles. The number of hydrogen-bond donors (Lipinski definition) is 1. The summed E-state index contributed by atoms with van der Waals surface area (Å²) < 4.78 is 0. The summed E-state index contributed by atoms with van der Waals surface area (Å²) in [5, 5.41) is 4.97. The summed E-state index contributed by atoms with van der Waals surface area (Å²) in [7, 11) is 0. The van der Waals surface area contributed by atoms with E-state index in [-0.39, 0.29) is 0 Å². The Kier molecular flexibility index (Phi) is 8.16. The molecule has 4 heteroatoms. The first-order valence-corrected chi connectivity index (χ1v) is 8.12. The van der Waals surface area contributed by atoms with E-state index < -0.39 is 0 Å². The van der Waals surface area contributed by atoms with Gasteiger partial charge in [0.05, 0.1) is 5.02 Å². The van der Waals surface area contributed by atoms with Gasteiger partial charge < -0.3 is 5.32 Å². The maximum Gasteiger partial charge on any atom is 0.0542 e. The quantitative estimate of drug-likeness (QED) is 0.529. The zero-order valence-corrected chi connectivity index (χ0v) is 13.3. The average molecular weight is 306 g/mol. The number of benzene rings is 1. The second kappa shape index (κ2) is 9.08. The first-order valence-electron chi connectivity index (χ1n) is 6.38. The second-order valence-corrected chi connectivity index (χ2v) is 6.69. The van der Waals surface area contributed by atoms with E-state index in [1.165, 1.54) is 12.8 Å². The fourth-order valence-corrected chi connectivity index (χ4v) is 2.98. The van der Waals surface area contributed by atoms with Gasteiger partial charge in [-0.3, -0.25) is 0 Å². The molecule has 102 valence electrons. The molecule has 1 nitrogen and oxygen atoms in total. The largest absolute Gasteiger partial charge is 0.316 e. The van der Waals surface area contributed by atoms with Gasteiger partial charge in [-0.1, -0.05) is 37.0 Å². The van der Waals surface area contributed by atoms with Crippen LogP contribution in [-0.2, 0) is 0 Å². The van der Waals surface area contributed by atoms with Crippen molar-refractivity contribution in [2.24, 2.45) is 5.92 Å². The van der Waals surface area contributed by atoms with E-state index in [4.69, 9.17) is 23.2 Å². The summed E-state index contributed by atoms with van der Waals surface area (Å²) in [5.74, 6) is 1.81. The van der Waals surface area contributed by atoms with E-state index in [0.29, 0.717) is 0 Å². The Balaban J connectivity index is 2.12. The van der Waals surface area contributed by atoms with E-state index in [1.54, 1.807) is 11.8 Å². The Morgan fingerprint density at radius 1 is 1.22 bits per heavy atom. The molecule has 0 unspecified atom stereocenters. The number of hydrogen-bond acceptors (Lipinski definition) is 2. The van der Waals surface area contributed by atoms with Crippen molar-refractivity contribution in [1.29, 1.82) is 0 Å². The van der Waals surface area contributed by atoms with Crippen LogP contribution < -0.4 is 5.32 Å². The van der Waals surface area contributed by atoms with Crippen molar-refractivity contribution in [2.45, 2.75) is 31.6 Å². The third-order valence-corrected chi connectivity index (χ3v) is 4.30. The molecule has 0 radical (unpaired) electrons. The zero-order chi connectivity index (χ0) is 13.4. The summed E-state index contributed by atoms with van der Waals surface area (Å²) in [6.07, 6.45) is 2.54. The van der Waals surface area contributed by atoms with Crippen molar-refractivity contribution in [3.8, 4) is 0 Å². The minimum absolute atomic E-state index is 0.742. The molecule has 18 heavy (non-hydrogen) atoms. The number of nitrogens with one attached hydrogen (secondary N) is 1. The van der Waals surface area contributed by atoms with Gasteiger partial charge in [0.2, 0.25) is 0 Å². The van der Waals surface area contributed by atoms with Crippen molar-refractivity contribution < 1.29 is 0 Å². The molecule has 0 bridgehead atoms. The lowest BCUT2D eigenvalue weighted by Crippen LogP contribution is -2.18. The molecule has 0 aliphatic rings. The van der Waals surface area contributed by atoms with E-state index in [1.807, 2.05) is 18.2 Å². The van der Waals surface area contributed by atoms with Crippen molar-refractivity contribution in [3.05, 3.63) is 28.2 Å². The molecule has 0 aliphatic carbocycles. The van der Waals surface area contributed by atoms with Crippen LogP contribution in [0.5, 0.6) is 0 Å². The molecule has 0 saturated heterocycles. The van der Waals surface area contributed by atoms with Crippen LogP contribution in [0, 0.1) is 5.92 Å². The highest BCUT2D eigenvalue weighted by molar-refractivity contribution is 7.99. The predicted molar refractivity (Wildman–Crippen MR) is 84.1 cm³/mol. The molecule has 1 rings (SSSR count). The molecule has 0 saturated carbocycles. The predicted octanol–water partition coefficient (Wildman–Crippen LogP) is 5.11. The van der Waals surface area contributed by atoms with Gasteiger partial charge in [-0.25, -0.2) is 0 Å². The van der Waals surface area contributed by atoms with Crippen LogP contribution in [0.1, 0.15) is 26.7 Å². The molecule has 1 aromatic rings. The Morgan fingerprint density at radius 3 is 2.72 bits per heavy atom. The van der Waals surface area contributed by atoms with E-state index in [9.17, 15) is 0 Å². The van der Waals surface area contributed by atoms with Crippen LogP contribution in [0.25, 0.3) is 0 Å². The first kappa shape index (κ1) is 16.2. The molecule has 0 aromatic heterocycles. The third kappa shape index (κ3) is 6.89. The van der Waals surface area contributed by atoms with Gasteiger partial charge in [0, 0.05) is 22.2 Å². The highest BCUT2D eigenvalue weighted by Crippen LogP contribution is 2.29. The second-order valence-electron chi connectivity index (χ2n) is 4.71. The van der Waals surface area contributed by atoms with Crippen LogP contribution in [0.4, 0.5) is 0 Å². The molecule has 0 fully saturated rings. The Labute approximate surface area is 125 Å². The minimum Gasteiger partial charge on any atom is -0.316 e. The lowest BCUT2D eigenvalue weighted by Gasteiger charge is -2.07. The van der Waals surface area contributed by atoms with E-state index in [0.717, 1.165) is 39.7 Å². The van der Waals surface area contributed by atoms with Gasteiger partial charge in [0.25, 0.3) is 0 Å².